The van der Waals surface area contributed by atoms with Gasteiger partial charge in [-0.25, -0.2) is 4.79 Å². The van der Waals surface area contributed by atoms with Crippen LogP contribution in [0.4, 0.5) is 13.2 Å². The first kappa shape index (κ1) is 18.1. The molecule has 9 heteroatoms. The number of phenols is 1. The molecule has 0 aliphatic carbocycles. The van der Waals surface area contributed by atoms with Gasteiger partial charge in [0.1, 0.15) is 11.5 Å². The minimum atomic E-state index is -4.82. The fraction of sp³-hybridized carbons (Fsp3) is 0.133. The topological polar surface area (TPSA) is 92.8 Å². The largest absolute Gasteiger partial charge is 0.573 e. The van der Waals surface area contributed by atoms with E-state index in [0.29, 0.717) is 5.56 Å². The van der Waals surface area contributed by atoms with Crippen LogP contribution in [0.25, 0.3) is 0 Å². The maximum Gasteiger partial charge on any atom is 0.573 e. The van der Waals surface area contributed by atoms with Gasteiger partial charge in [-0.1, -0.05) is 12.1 Å². The van der Waals surface area contributed by atoms with Crippen molar-refractivity contribution < 1.29 is 32.9 Å². The number of alkyl halides is 3. The summed E-state index contributed by atoms with van der Waals surface area (Å²) in [5, 5.41) is 19.3. The van der Waals surface area contributed by atoms with Gasteiger partial charge in [-0.2, -0.15) is 0 Å². The number of phenolic OH excluding ortho intramolecular Hbond substituents is 1. The van der Waals surface area contributed by atoms with Gasteiger partial charge in [-0.05, 0) is 45.8 Å². The zero-order chi connectivity index (χ0) is 18.1. The average molecular weight is 406 g/mol. The second-order valence-electron chi connectivity index (χ2n) is 4.76. The SMILES string of the molecule is N[C@@H](c1ccc(OC(F)(F)F)cc1)c1c(C(=O)O)ccc(Br)c1O. The molecule has 5 nitrogen and oxygen atoms in total. The summed E-state index contributed by atoms with van der Waals surface area (Å²) in [7, 11) is 0. The highest BCUT2D eigenvalue weighted by Gasteiger charge is 2.31. The van der Waals surface area contributed by atoms with Gasteiger partial charge in [0.2, 0.25) is 0 Å². The highest BCUT2D eigenvalue weighted by Crippen LogP contribution is 2.37. The van der Waals surface area contributed by atoms with E-state index in [1.807, 2.05) is 0 Å². The molecule has 0 heterocycles. The lowest BCUT2D eigenvalue weighted by Crippen LogP contribution is -2.18. The predicted octanol–water partition coefficient (Wildman–Crippen LogP) is 3.80. The Morgan fingerprint density at radius 1 is 1.17 bits per heavy atom. The van der Waals surface area contributed by atoms with E-state index in [-0.39, 0.29) is 21.3 Å². The summed E-state index contributed by atoms with van der Waals surface area (Å²) in [6, 6.07) is 6.19. The Balaban J connectivity index is 2.40. The van der Waals surface area contributed by atoms with Crippen LogP contribution in [0.3, 0.4) is 0 Å². The summed E-state index contributed by atoms with van der Waals surface area (Å²) in [4.78, 5) is 11.3. The molecule has 128 valence electrons. The standard InChI is InChI=1S/C15H11BrF3NO4/c16-10-6-5-9(14(22)23)11(13(10)21)12(20)7-1-3-8(4-2-7)24-15(17,18)19/h1-6,12,21H,20H2,(H,22,23)/t12-/m0/s1. The molecule has 0 bridgehead atoms. The molecule has 0 saturated carbocycles. The zero-order valence-corrected chi connectivity index (χ0v) is 13.4. The Bertz CT molecular complexity index is 763. The average Bonchev–Trinajstić information content (AvgIpc) is 2.48. The molecule has 0 radical (unpaired) electrons. The number of benzene rings is 2. The third kappa shape index (κ3) is 3.98. The van der Waals surface area contributed by atoms with E-state index in [1.54, 1.807) is 0 Å². The summed E-state index contributed by atoms with van der Waals surface area (Å²) in [6.07, 6.45) is -4.82. The van der Waals surface area contributed by atoms with Crippen molar-refractivity contribution in [1.82, 2.24) is 0 Å². The molecule has 0 amide bonds. The summed E-state index contributed by atoms with van der Waals surface area (Å²) < 4.78 is 40.5. The molecule has 0 spiro atoms. The number of hydrogen-bond acceptors (Lipinski definition) is 4. The lowest BCUT2D eigenvalue weighted by atomic mass is 9.94. The fourth-order valence-corrected chi connectivity index (χ4v) is 2.47. The maximum atomic E-state index is 12.2. The molecule has 4 N–H and O–H groups in total. The summed E-state index contributed by atoms with van der Waals surface area (Å²) in [5.41, 5.74) is 6.04. The number of hydrogen-bond donors (Lipinski definition) is 3. The number of carboxylic acids is 1. The number of halogens is 4. The van der Waals surface area contributed by atoms with E-state index in [0.717, 1.165) is 12.1 Å². The van der Waals surface area contributed by atoms with Crippen LogP contribution in [-0.2, 0) is 0 Å². The van der Waals surface area contributed by atoms with Crippen LogP contribution < -0.4 is 10.5 Å². The minimum Gasteiger partial charge on any atom is -0.506 e. The van der Waals surface area contributed by atoms with Crippen molar-refractivity contribution in [3.8, 4) is 11.5 Å². The van der Waals surface area contributed by atoms with E-state index in [9.17, 15) is 28.2 Å². The van der Waals surface area contributed by atoms with Crippen molar-refractivity contribution in [3.63, 3.8) is 0 Å². The van der Waals surface area contributed by atoms with E-state index < -0.39 is 24.1 Å². The monoisotopic (exact) mass is 405 g/mol. The normalized spacial score (nSPS) is 12.7. The number of aromatic hydroxyl groups is 1. The minimum absolute atomic E-state index is 0.0543. The quantitative estimate of drug-likeness (QED) is 0.719. The lowest BCUT2D eigenvalue weighted by Gasteiger charge is -2.18. The van der Waals surface area contributed by atoms with Crippen molar-refractivity contribution in [2.45, 2.75) is 12.4 Å². The number of nitrogens with two attached hydrogens (primary N) is 1. The molecule has 0 aromatic heterocycles. The molecule has 2 aromatic carbocycles. The summed E-state index contributed by atoms with van der Waals surface area (Å²) in [5.74, 6) is -2.08. The highest BCUT2D eigenvalue weighted by atomic mass is 79.9. The number of carboxylic acid groups (broad SMARTS) is 1. The molecule has 24 heavy (non-hydrogen) atoms. The number of ether oxygens (including phenoxy) is 1. The Labute approximate surface area is 142 Å². The molecular weight excluding hydrogens is 395 g/mol. The van der Waals surface area contributed by atoms with Crippen molar-refractivity contribution in [1.29, 1.82) is 0 Å². The Kier molecular flexibility index (Phi) is 5.05. The molecule has 1 atom stereocenters. The first-order chi connectivity index (χ1) is 11.1. The second-order valence-corrected chi connectivity index (χ2v) is 5.61. The van der Waals surface area contributed by atoms with Gasteiger partial charge in [-0.3, -0.25) is 0 Å². The first-order valence-corrected chi connectivity index (χ1v) is 7.25. The molecule has 0 aliphatic rings. The van der Waals surface area contributed by atoms with Gasteiger partial charge < -0.3 is 20.7 Å². The molecule has 0 aliphatic heterocycles. The third-order valence-electron chi connectivity index (χ3n) is 3.18. The third-order valence-corrected chi connectivity index (χ3v) is 3.82. The van der Waals surface area contributed by atoms with Crippen LogP contribution in [0.1, 0.15) is 27.5 Å². The van der Waals surface area contributed by atoms with Crippen molar-refractivity contribution in [2.24, 2.45) is 5.73 Å². The van der Waals surface area contributed by atoms with E-state index in [1.165, 1.54) is 24.3 Å². The van der Waals surface area contributed by atoms with Crippen LogP contribution in [0.2, 0.25) is 0 Å². The van der Waals surface area contributed by atoms with Gasteiger partial charge in [-0.15, -0.1) is 13.2 Å². The van der Waals surface area contributed by atoms with Crippen LogP contribution in [0.15, 0.2) is 40.9 Å². The maximum absolute atomic E-state index is 12.2. The van der Waals surface area contributed by atoms with Crippen LogP contribution >= 0.6 is 15.9 Å². The van der Waals surface area contributed by atoms with Crippen molar-refractivity contribution in [2.75, 3.05) is 0 Å². The second kappa shape index (κ2) is 6.70. The first-order valence-electron chi connectivity index (χ1n) is 6.46. The van der Waals surface area contributed by atoms with Crippen LogP contribution in [0, 0.1) is 0 Å². The molecular formula is C15H11BrF3NO4. The van der Waals surface area contributed by atoms with Crippen molar-refractivity contribution >= 4 is 21.9 Å². The smallest absolute Gasteiger partial charge is 0.506 e. The Hall–Kier alpha value is -2.26. The fourth-order valence-electron chi connectivity index (χ4n) is 2.13. The Morgan fingerprint density at radius 2 is 1.75 bits per heavy atom. The van der Waals surface area contributed by atoms with Crippen molar-refractivity contribution in [3.05, 3.63) is 57.6 Å². The Morgan fingerprint density at radius 3 is 2.25 bits per heavy atom. The number of aromatic carboxylic acids is 1. The van der Waals surface area contributed by atoms with Gasteiger partial charge in [0.05, 0.1) is 16.1 Å². The van der Waals surface area contributed by atoms with Gasteiger partial charge in [0, 0.05) is 5.56 Å². The van der Waals surface area contributed by atoms with E-state index in [2.05, 4.69) is 20.7 Å². The molecule has 0 fully saturated rings. The summed E-state index contributed by atoms with van der Waals surface area (Å²) >= 11 is 3.07. The van der Waals surface area contributed by atoms with E-state index in [4.69, 9.17) is 5.73 Å². The van der Waals surface area contributed by atoms with Gasteiger partial charge in [0.25, 0.3) is 0 Å². The van der Waals surface area contributed by atoms with Crippen LogP contribution in [0.5, 0.6) is 11.5 Å². The number of rotatable bonds is 4. The zero-order valence-electron chi connectivity index (χ0n) is 11.8. The molecule has 0 saturated heterocycles. The molecule has 2 aromatic rings. The van der Waals surface area contributed by atoms with Crippen LogP contribution in [-0.4, -0.2) is 22.5 Å². The predicted molar refractivity (Wildman–Crippen MR) is 81.9 cm³/mol. The molecule has 2 rings (SSSR count). The highest BCUT2D eigenvalue weighted by molar-refractivity contribution is 9.10. The number of carbonyl (C=O) groups is 1. The van der Waals surface area contributed by atoms with Gasteiger partial charge >= 0.3 is 12.3 Å². The molecule has 0 unspecified atom stereocenters. The van der Waals surface area contributed by atoms with Gasteiger partial charge in [0.15, 0.2) is 0 Å². The van der Waals surface area contributed by atoms with E-state index >= 15 is 0 Å². The summed E-state index contributed by atoms with van der Waals surface area (Å²) in [6.45, 7) is 0. The lowest BCUT2D eigenvalue weighted by molar-refractivity contribution is -0.274.